The largest absolute Gasteiger partial charge is 0.378 e. The summed E-state index contributed by atoms with van der Waals surface area (Å²) in [6.07, 6.45) is 0. The standard InChI is InChI=1S/C10H9N3O2/c1-13(2)6-3-4-7-8(5-6)10(15)12-11-9(7)14/h3-5H,1-2H3. The van der Waals surface area contributed by atoms with Gasteiger partial charge in [0.05, 0.1) is 11.1 Å². The second kappa shape index (κ2) is 3.27. The van der Waals surface area contributed by atoms with E-state index in [2.05, 4.69) is 10.2 Å². The molecule has 1 aliphatic heterocycles. The van der Waals surface area contributed by atoms with Gasteiger partial charge in [-0.25, -0.2) is 0 Å². The molecule has 76 valence electrons. The van der Waals surface area contributed by atoms with E-state index >= 15 is 0 Å². The average molecular weight is 203 g/mol. The van der Waals surface area contributed by atoms with Crippen LogP contribution in [0.3, 0.4) is 0 Å². The molecule has 0 N–H and O–H groups in total. The number of benzene rings is 1. The van der Waals surface area contributed by atoms with Crippen LogP contribution in [-0.2, 0) is 0 Å². The van der Waals surface area contributed by atoms with Crippen molar-refractivity contribution >= 4 is 17.5 Å². The Morgan fingerprint density at radius 1 is 1.00 bits per heavy atom. The van der Waals surface area contributed by atoms with Crippen LogP contribution < -0.4 is 4.90 Å². The maximum absolute atomic E-state index is 11.4. The minimum Gasteiger partial charge on any atom is -0.378 e. The summed E-state index contributed by atoms with van der Waals surface area (Å²) < 4.78 is 0. The third-order valence-electron chi connectivity index (χ3n) is 2.21. The quantitative estimate of drug-likeness (QED) is 0.694. The third kappa shape index (κ3) is 1.52. The molecule has 5 nitrogen and oxygen atoms in total. The smallest absolute Gasteiger partial charge is 0.296 e. The predicted molar refractivity (Wildman–Crippen MR) is 54.3 cm³/mol. The molecule has 0 radical (unpaired) electrons. The number of carbonyl (C=O) groups excluding carboxylic acids is 2. The van der Waals surface area contributed by atoms with Gasteiger partial charge in [-0.15, -0.1) is 10.2 Å². The Hall–Kier alpha value is -2.04. The van der Waals surface area contributed by atoms with Crippen LogP contribution in [-0.4, -0.2) is 25.9 Å². The van der Waals surface area contributed by atoms with Gasteiger partial charge in [-0.2, -0.15) is 0 Å². The van der Waals surface area contributed by atoms with E-state index in [1.165, 1.54) is 0 Å². The fourth-order valence-corrected chi connectivity index (χ4v) is 1.37. The van der Waals surface area contributed by atoms with Gasteiger partial charge >= 0.3 is 0 Å². The number of amides is 2. The molecule has 0 saturated carbocycles. The molecule has 0 bridgehead atoms. The van der Waals surface area contributed by atoms with Crippen molar-refractivity contribution in [2.45, 2.75) is 0 Å². The molecule has 15 heavy (non-hydrogen) atoms. The number of fused-ring (bicyclic) bond motifs is 1. The van der Waals surface area contributed by atoms with Gasteiger partial charge < -0.3 is 4.90 Å². The van der Waals surface area contributed by atoms with Crippen LogP contribution in [0.2, 0.25) is 0 Å². The van der Waals surface area contributed by atoms with Crippen LogP contribution in [0.5, 0.6) is 0 Å². The van der Waals surface area contributed by atoms with Crippen molar-refractivity contribution in [1.29, 1.82) is 0 Å². The summed E-state index contributed by atoms with van der Waals surface area (Å²) in [7, 11) is 3.72. The number of carbonyl (C=O) groups is 2. The van der Waals surface area contributed by atoms with Crippen molar-refractivity contribution < 1.29 is 9.59 Å². The molecule has 5 heteroatoms. The number of azo groups is 1. The fraction of sp³-hybridized carbons (Fsp3) is 0.200. The van der Waals surface area contributed by atoms with Gasteiger partial charge in [-0.3, -0.25) is 9.59 Å². The molecule has 0 atom stereocenters. The van der Waals surface area contributed by atoms with E-state index in [9.17, 15) is 9.59 Å². The predicted octanol–water partition coefficient (Wildman–Crippen LogP) is 1.50. The highest BCUT2D eigenvalue weighted by atomic mass is 16.2. The molecule has 0 aliphatic carbocycles. The number of anilines is 1. The van der Waals surface area contributed by atoms with Crippen LogP contribution in [0.1, 0.15) is 20.7 Å². The van der Waals surface area contributed by atoms with Crippen molar-refractivity contribution in [1.82, 2.24) is 0 Å². The Labute approximate surface area is 86.4 Å². The van der Waals surface area contributed by atoms with Crippen molar-refractivity contribution in [3.05, 3.63) is 29.3 Å². The summed E-state index contributed by atoms with van der Waals surface area (Å²) in [4.78, 5) is 24.5. The first kappa shape index (κ1) is 9.51. The molecule has 0 fully saturated rings. The van der Waals surface area contributed by atoms with Crippen LogP contribution in [0, 0.1) is 0 Å². The molecule has 0 aromatic heterocycles. The Morgan fingerprint density at radius 2 is 1.60 bits per heavy atom. The number of hydrogen-bond acceptors (Lipinski definition) is 3. The molecule has 0 saturated heterocycles. The lowest BCUT2D eigenvalue weighted by molar-refractivity contribution is 0.0921. The molecule has 0 unspecified atom stereocenters. The molecule has 1 aromatic carbocycles. The highest BCUT2D eigenvalue weighted by Gasteiger charge is 2.22. The van der Waals surface area contributed by atoms with E-state index in [4.69, 9.17) is 0 Å². The molecule has 2 rings (SSSR count). The van der Waals surface area contributed by atoms with Gasteiger partial charge in [0.1, 0.15) is 0 Å². The first-order chi connectivity index (χ1) is 7.09. The first-order valence-electron chi connectivity index (χ1n) is 4.41. The van der Waals surface area contributed by atoms with Gasteiger partial charge in [-0.1, -0.05) is 0 Å². The van der Waals surface area contributed by atoms with Crippen LogP contribution in [0.4, 0.5) is 5.69 Å². The Bertz CT molecular complexity index is 478. The third-order valence-corrected chi connectivity index (χ3v) is 2.21. The zero-order valence-corrected chi connectivity index (χ0v) is 8.39. The summed E-state index contributed by atoms with van der Waals surface area (Å²) in [5, 5.41) is 6.52. The van der Waals surface area contributed by atoms with Gasteiger partial charge in [0.2, 0.25) is 0 Å². The zero-order valence-electron chi connectivity index (χ0n) is 8.39. The molecule has 2 amide bonds. The highest BCUT2D eigenvalue weighted by Crippen LogP contribution is 2.22. The summed E-state index contributed by atoms with van der Waals surface area (Å²) in [5.41, 5.74) is 1.49. The average Bonchev–Trinajstić information content (AvgIpc) is 2.23. The summed E-state index contributed by atoms with van der Waals surface area (Å²) in [5.74, 6) is -0.928. The fourth-order valence-electron chi connectivity index (χ4n) is 1.37. The molecular formula is C10H9N3O2. The van der Waals surface area contributed by atoms with E-state index < -0.39 is 11.8 Å². The van der Waals surface area contributed by atoms with Crippen LogP contribution in [0.15, 0.2) is 28.4 Å². The van der Waals surface area contributed by atoms with Gasteiger partial charge in [0, 0.05) is 19.8 Å². The van der Waals surface area contributed by atoms with Crippen molar-refractivity contribution in [2.24, 2.45) is 10.2 Å². The Kier molecular flexibility index (Phi) is 2.07. The number of hydrogen-bond donors (Lipinski definition) is 0. The molecule has 1 aliphatic rings. The normalized spacial score (nSPS) is 14.0. The molecule has 1 aromatic rings. The number of rotatable bonds is 1. The molecular weight excluding hydrogens is 194 g/mol. The second-order valence-corrected chi connectivity index (χ2v) is 3.43. The van der Waals surface area contributed by atoms with Gasteiger partial charge in [0.25, 0.3) is 11.8 Å². The van der Waals surface area contributed by atoms with E-state index in [0.29, 0.717) is 11.1 Å². The van der Waals surface area contributed by atoms with Gasteiger partial charge in [-0.05, 0) is 18.2 Å². The first-order valence-corrected chi connectivity index (χ1v) is 4.41. The maximum atomic E-state index is 11.4. The zero-order chi connectivity index (χ0) is 11.0. The molecule has 0 spiro atoms. The van der Waals surface area contributed by atoms with Crippen molar-refractivity contribution in [2.75, 3.05) is 19.0 Å². The lowest BCUT2D eigenvalue weighted by atomic mass is 10.0. The van der Waals surface area contributed by atoms with Crippen molar-refractivity contribution in [3.63, 3.8) is 0 Å². The van der Waals surface area contributed by atoms with E-state index in [1.54, 1.807) is 18.2 Å². The highest BCUT2D eigenvalue weighted by molar-refractivity contribution is 6.11. The topological polar surface area (TPSA) is 62.1 Å². The van der Waals surface area contributed by atoms with E-state index in [0.717, 1.165) is 5.69 Å². The summed E-state index contributed by atoms with van der Waals surface area (Å²) in [6, 6.07) is 5.02. The number of nitrogens with zero attached hydrogens (tertiary/aromatic N) is 3. The minimum absolute atomic E-state index is 0.320. The Morgan fingerprint density at radius 3 is 2.20 bits per heavy atom. The molecule has 1 heterocycles. The summed E-state index contributed by atoms with van der Waals surface area (Å²) >= 11 is 0. The van der Waals surface area contributed by atoms with Gasteiger partial charge in [0.15, 0.2) is 0 Å². The van der Waals surface area contributed by atoms with Crippen molar-refractivity contribution in [3.8, 4) is 0 Å². The monoisotopic (exact) mass is 203 g/mol. The van der Waals surface area contributed by atoms with E-state index in [-0.39, 0.29) is 0 Å². The van der Waals surface area contributed by atoms with Crippen LogP contribution >= 0.6 is 0 Å². The Balaban J connectivity index is 2.58. The maximum Gasteiger partial charge on any atom is 0.296 e. The van der Waals surface area contributed by atoms with Crippen LogP contribution in [0.25, 0.3) is 0 Å². The lowest BCUT2D eigenvalue weighted by Crippen LogP contribution is -2.14. The SMILES string of the molecule is CN(C)c1ccc2c(c1)C(=O)N=NC2=O. The van der Waals surface area contributed by atoms with E-state index in [1.807, 2.05) is 19.0 Å². The second-order valence-electron chi connectivity index (χ2n) is 3.43. The summed E-state index contributed by atoms with van der Waals surface area (Å²) in [6.45, 7) is 0. The minimum atomic E-state index is -0.465. The lowest BCUT2D eigenvalue weighted by Gasteiger charge is -2.15.